The molecule has 3 N–H and O–H groups in total. The molecule has 8 nitrogen and oxygen atoms in total. The molecule has 1 saturated heterocycles. The second kappa shape index (κ2) is 9.89. The summed E-state index contributed by atoms with van der Waals surface area (Å²) in [6, 6.07) is 14.4. The Morgan fingerprint density at radius 3 is 2.53 bits per heavy atom. The fourth-order valence-corrected chi connectivity index (χ4v) is 6.32. The van der Waals surface area contributed by atoms with E-state index in [-0.39, 0.29) is 21.0 Å². The van der Waals surface area contributed by atoms with E-state index in [2.05, 4.69) is 60.3 Å². The number of carbonyl (C=O) groups excluding carboxylic acids is 1. The zero-order chi connectivity index (χ0) is 26.1. The topological polar surface area (TPSA) is 118 Å². The zero-order valence-corrected chi connectivity index (χ0v) is 22.0. The van der Waals surface area contributed by atoms with Gasteiger partial charge in [-0.2, -0.15) is 0 Å². The molecule has 1 atom stereocenters. The molecule has 1 unspecified atom stereocenters. The average molecular weight is 508 g/mol. The van der Waals surface area contributed by atoms with Crippen LogP contribution in [0.15, 0.2) is 64.6 Å². The van der Waals surface area contributed by atoms with Crippen molar-refractivity contribution in [1.82, 2.24) is 9.97 Å². The van der Waals surface area contributed by atoms with Gasteiger partial charge in [0.15, 0.2) is 5.03 Å². The lowest BCUT2D eigenvalue weighted by molar-refractivity contribution is 0.0997. The van der Waals surface area contributed by atoms with Gasteiger partial charge in [-0.3, -0.25) is 4.79 Å². The summed E-state index contributed by atoms with van der Waals surface area (Å²) in [6.45, 7) is 9.51. The molecule has 1 aliphatic rings. The highest BCUT2D eigenvalue weighted by atomic mass is 32.2. The van der Waals surface area contributed by atoms with E-state index in [4.69, 9.17) is 5.73 Å². The molecule has 0 saturated carbocycles. The smallest absolute Gasteiger partial charge is 0.253 e. The van der Waals surface area contributed by atoms with Crippen molar-refractivity contribution in [2.75, 3.05) is 23.3 Å². The summed E-state index contributed by atoms with van der Waals surface area (Å²) < 4.78 is 27.4. The number of carbonyl (C=O) groups is 1. The molecular weight excluding hydrogens is 474 g/mol. The quantitative estimate of drug-likeness (QED) is 0.473. The van der Waals surface area contributed by atoms with Crippen LogP contribution in [0.2, 0.25) is 0 Å². The van der Waals surface area contributed by atoms with Crippen LogP contribution in [-0.4, -0.2) is 42.9 Å². The van der Waals surface area contributed by atoms with E-state index >= 15 is 0 Å². The van der Waals surface area contributed by atoms with Crippen LogP contribution in [0.5, 0.6) is 0 Å². The van der Waals surface area contributed by atoms with Gasteiger partial charge in [-0.1, -0.05) is 42.8 Å². The SMILES string of the molecule is Cc1ccc(CCNc2cccc(S(=O)(=O)c3ccnc(N4CC(C)CC4(C)C)c3C(N)=O)n2)cc1. The molecule has 190 valence electrons. The van der Waals surface area contributed by atoms with Crippen LogP contribution in [0.25, 0.3) is 0 Å². The number of primary amides is 1. The standard InChI is InChI=1S/C27H33N5O3S/c1-18-8-10-20(11-9-18)12-14-29-22-6-5-7-23(31-22)36(34,35)21-13-15-30-26(24(21)25(28)33)32-17-19(2)16-27(32,3)4/h5-11,13,15,19H,12,14,16-17H2,1-4H3,(H2,28,33)(H,29,31). The lowest BCUT2D eigenvalue weighted by atomic mass is 9.97. The molecule has 1 aromatic carbocycles. The predicted molar refractivity (Wildman–Crippen MR) is 141 cm³/mol. The first-order valence-electron chi connectivity index (χ1n) is 12.1. The van der Waals surface area contributed by atoms with Crippen LogP contribution in [0.3, 0.4) is 0 Å². The van der Waals surface area contributed by atoms with Crippen molar-refractivity contribution in [3.05, 3.63) is 71.4 Å². The largest absolute Gasteiger partial charge is 0.370 e. The number of hydrogen-bond acceptors (Lipinski definition) is 7. The molecule has 1 fully saturated rings. The maximum absolute atomic E-state index is 13.7. The van der Waals surface area contributed by atoms with Crippen molar-refractivity contribution in [1.29, 1.82) is 0 Å². The first-order chi connectivity index (χ1) is 17.0. The zero-order valence-electron chi connectivity index (χ0n) is 21.2. The van der Waals surface area contributed by atoms with Gasteiger partial charge in [-0.05, 0) is 63.3 Å². The molecule has 3 heterocycles. The summed E-state index contributed by atoms with van der Waals surface area (Å²) in [5, 5.41) is 3.04. The Morgan fingerprint density at radius 2 is 1.89 bits per heavy atom. The predicted octanol–water partition coefficient (Wildman–Crippen LogP) is 4.00. The van der Waals surface area contributed by atoms with Crippen molar-refractivity contribution in [3.63, 3.8) is 0 Å². The van der Waals surface area contributed by atoms with E-state index < -0.39 is 15.7 Å². The van der Waals surface area contributed by atoms with Crippen LogP contribution >= 0.6 is 0 Å². The molecule has 1 amide bonds. The summed E-state index contributed by atoms with van der Waals surface area (Å²) in [4.78, 5) is 23.1. The fourth-order valence-electron chi connectivity index (χ4n) is 4.92. The number of pyridine rings is 2. The lowest BCUT2D eigenvalue weighted by Gasteiger charge is -2.33. The molecule has 0 radical (unpaired) electrons. The average Bonchev–Trinajstić information content (AvgIpc) is 3.11. The van der Waals surface area contributed by atoms with Gasteiger partial charge in [0.1, 0.15) is 17.2 Å². The molecule has 0 aliphatic carbocycles. The normalized spacial score (nSPS) is 17.2. The highest BCUT2D eigenvalue weighted by Gasteiger charge is 2.40. The van der Waals surface area contributed by atoms with Gasteiger partial charge in [0, 0.05) is 24.8 Å². The van der Waals surface area contributed by atoms with Crippen LogP contribution in [0, 0.1) is 12.8 Å². The first-order valence-corrected chi connectivity index (χ1v) is 13.6. The molecule has 9 heteroatoms. The van der Waals surface area contributed by atoms with E-state index in [9.17, 15) is 13.2 Å². The van der Waals surface area contributed by atoms with Crippen molar-refractivity contribution >= 4 is 27.4 Å². The number of nitrogens with two attached hydrogens (primary N) is 1. The molecule has 36 heavy (non-hydrogen) atoms. The molecule has 0 spiro atoms. The number of anilines is 2. The first kappa shape index (κ1) is 25.6. The summed E-state index contributed by atoms with van der Waals surface area (Å²) in [5.41, 5.74) is 7.72. The minimum Gasteiger partial charge on any atom is -0.370 e. The number of amides is 1. The van der Waals surface area contributed by atoms with E-state index in [0.717, 1.165) is 12.8 Å². The van der Waals surface area contributed by atoms with Crippen molar-refractivity contribution in [3.8, 4) is 0 Å². The van der Waals surface area contributed by atoms with Crippen molar-refractivity contribution in [2.24, 2.45) is 11.7 Å². The van der Waals surface area contributed by atoms with E-state index in [1.165, 1.54) is 29.5 Å². The second-order valence-corrected chi connectivity index (χ2v) is 12.0. The number of benzene rings is 1. The highest BCUT2D eigenvalue weighted by molar-refractivity contribution is 7.91. The molecule has 0 bridgehead atoms. The van der Waals surface area contributed by atoms with E-state index in [0.29, 0.717) is 30.6 Å². The number of rotatable bonds is 8. The van der Waals surface area contributed by atoms with Crippen molar-refractivity contribution in [2.45, 2.75) is 56.0 Å². The maximum atomic E-state index is 13.7. The van der Waals surface area contributed by atoms with E-state index in [1.54, 1.807) is 12.1 Å². The Hall–Kier alpha value is -3.46. The molecule has 2 aromatic heterocycles. The summed E-state index contributed by atoms with van der Waals surface area (Å²) in [5.74, 6) is 0.268. The highest BCUT2D eigenvalue weighted by Crippen LogP contribution is 2.39. The molecule has 4 rings (SSSR count). The van der Waals surface area contributed by atoms with Crippen LogP contribution in [0.1, 0.15) is 48.7 Å². The third kappa shape index (κ3) is 5.21. The second-order valence-electron chi connectivity index (χ2n) is 10.1. The summed E-state index contributed by atoms with van der Waals surface area (Å²) in [6.07, 6.45) is 3.07. The van der Waals surface area contributed by atoms with E-state index in [1.807, 2.05) is 11.8 Å². The van der Waals surface area contributed by atoms with Crippen LogP contribution in [-0.2, 0) is 16.3 Å². The maximum Gasteiger partial charge on any atom is 0.253 e. The van der Waals surface area contributed by atoms with Gasteiger partial charge in [-0.15, -0.1) is 0 Å². The summed E-state index contributed by atoms with van der Waals surface area (Å²) >= 11 is 0. The molecular formula is C27H33N5O3S. The number of aromatic nitrogens is 2. The number of aryl methyl sites for hydroxylation is 1. The monoisotopic (exact) mass is 507 g/mol. The minimum atomic E-state index is -4.14. The van der Waals surface area contributed by atoms with Gasteiger partial charge in [0.25, 0.3) is 5.91 Å². The van der Waals surface area contributed by atoms with Gasteiger partial charge < -0.3 is 16.0 Å². The van der Waals surface area contributed by atoms with Crippen LogP contribution in [0.4, 0.5) is 11.6 Å². The number of sulfone groups is 1. The Bertz CT molecular complexity index is 1370. The summed E-state index contributed by atoms with van der Waals surface area (Å²) in [7, 11) is -4.14. The van der Waals surface area contributed by atoms with Crippen molar-refractivity contribution < 1.29 is 13.2 Å². The molecule has 1 aliphatic heterocycles. The van der Waals surface area contributed by atoms with Gasteiger partial charge in [0.2, 0.25) is 9.84 Å². The Balaban J connectivity index is 1.64. The third-order valence-electron chi connectivity index (χ3n) is 6.60. The third-order valence-corrected chi connectivity index (χ3v) is 8.29. The van der Waals surface area contributed by atoms with Gasteiger partial charge >= 0.3 is 0 Å². The van der Waals surface area contributed by atoms with Crippen LogP contribution < -0.4 is 16.0 Å². The number of hydrogen-bond donors (Lipinski definition) is 2. The Kier molecular flexibility index (Phi) is 7.04. The Labute approximate surface area is 212 Å². The fraction of sp³-hybridized carbons (Fsp3) is 0.370. The number of nitrogens with zero attached hydrogens (tertiary/aromatic N) is 3. The minimum absolute atomic E-state index is 0.0980. The lowest BCUT2D eigenvalue weighted by Crippen LogP contribution is -2.40. The van der Waals surface area contributed by atoms with Gasteiger partial charge in [-0.25, -0.2) is 18.4 Å². The molecule has 3 aromatic rings. The Morgan fingerprint density at radius 1 is 1.17 bits per heavy atom. The number of nitrogens with one attached hydrogen (secondary N) is 1. The van der Waals surface area contributed by atoms with Gasteiger partial charge in [0.05, 0.1) is 4.90 Å².